The van der Waals surface area contributed by atoms with Gasteiger partial charge >= 0.3 is 5.69 Å². The first-order valence-corrected chi connectivity index (χ1v) is 9.18. The maximum atomic E-state index is 13.4. The molecule has 2 heterocycles. The molecule has 9 heteroatoms. The van der Waals surface area contributed by atoms with E-state index in [4.69, 9.17) is 9.47 Å². The van der Waals surface area contributed by atoms with Crippen LogP contribution >= 0.6 is 0 Å². The highest BCUT2D eigenvalue weighted by atomic mass is 19.2. The lowest BCUT2D eigenvalue weighted by atomic mass is 10.1. The van der Waals surface area contributed by atoms with Crippen molar-refractivity contribution < 1.29 is 18.3 Å². The molecule has 0 saturated carbocycles. The normalized spacial score (nSPS) is 12.4. The molecule has 0 bridgehead atoms. The smallest absolute Gasteiger partial charge is 0.352 e. The molecule has 0 saturated heterocycles. The molecule has 2 aromatic carbocycles. The Kier molecular flexibility index (Phi) is 5.30. The van der Waals surface area contributed by atoms with Gasteiger partial charge < -0.3 is 14.8 Å². The first-order chi connectivity index (χ1) is 14.5. The van der Waals surface area contributed by atoms with Crippen LogP contribution in [0.25, 0.3) is 0 Å². The Morgan fingerprint density at radius 3 is 2.83 bits per heavy atom. The molecule has 1 aliphatic rings. The van der Waals surface area contributed by atoms with E-state index in [1.54, 1.807) is 22.8 Å². The van der Waals surface area contributed by atoms with Crippen molar-refractivity contribution in [2.24, 2.45) is 0 Å². The molecule has 1 aliphatic heterocycles. The highest BCUT2D eigenvalue weighted by Crippen LogP contribution is 2.27. The van der Waals surface area contributed by atoms with E-state index in [9.17, 15) is 18.8 Å². The summed E-state index contributed by atoms with van der Waals surface area (Å²) in [5.74, 6) is -0.923. The Morgan fingerprint density at radius 2 is 2.03 bits per heavy atom. The summed E-state index contributed by atoms with van der Waals surface area (Å²) in [6, 6.07) is 11.5. The summed E-state index contributed by atoms with van der Waals surface area (Å²) in [5.41, 5.74) is 0.459. The minimum atomic E-state index is -1.04. The molecule has 30 heavy (non-hydrogen) atoms. The number of halogens is 2. The first-order valence-electron chi connectivity index (χ1n) is 9.18. The fourth-order valence-electron chi connectivity index (χ4n) is 3.04. The summed E-state index contributed by atoms with van der Waals surface area (Å²) in [7, 11) is 0. The van der Waals surface area contributed by atoms with Crippen LogP contribution in [0.15, 0.2) is 47.3 Å². The molecular formula is C21H16F2N4O3. The number of anilines is 1. The Morgan fingerprint density at radius 1 is 1.17 bits per heavy atom. The molecular weight excluding hydrogens is 394 g/mol. The Balaban J connectivity index is 1.49. The molecule has 0 spiro atoms. The quantitative estimate of drug-likeness (QED) is 0.692. The zero-order chi connectivity index (χ0) is 21.1. The second-order valence-electron chi connectivity index (χ2n) is 6.60. The van der Waals surface area contributed by atoms with Gasteiger partial charge in [0.1, 0.15) is 30.0 Å². The molecule has 7 nitrogen and oxygen atoms in total. The van der Waals surface area contributed by atoms with Gasteiger partial charge in [0.2, 0.25) is 5.88 Å². The number of nitrogens with zero attached hydrogens (tertiary/aromatic N) is 3. The van der Waals surface area contributed by atoms with Gasteiger partial charge in [0.25, 0.3) is 0 Å². The van der Waals surface area contributed by atoms with Crippen molar-refractivity contribution >= 4 is 5.82 Å². The Labute approximate surface area is 170 Å². The molecule has 0 radical (unpaired) electrons. The van der Waals surface area contributed by atoms with Crippen molar-refractivity contribution in [1.82, 2.24) is 9.55 Å². The zero-order valence-corrected chi connectivity index (χ0v) is 15.7. The van der Waals surface area contributed by atoms with Crippen molar-refractivity contribution in [2.45, 2.75) is 19.6 Å². The van der Waals surface area contributed by atoms with Gasteiger partial charge in [0.15, 0.2) is 11.6 Å². The third-order valence-electron chi connectivity index (χ3n) is 4.52. The summed E-state index contributed by atoms with van der Waals surface area (Å²) in [6.07, 6.45) is 0.852. The Bertz CT molecular complexity index is 1200. The van der Waals surface area contributed by atoms with E-state index < -0.39 is 11.6 Å². The first kappa shape index (κ1) is 19.4. The number of rotatable bonds is 5. The standard InChI is InChI=1S/C21H16F2N4O3/c22-16-4-3-15(9-17(16)23)30-18-5-2-13(8-14(18)11-24)12-29-20-10-19-25-6-1-7-27(19)21(28)26-20/h2-5,8-10,25H,1,6-7,12H2. The predicted octanol–water partition coefficient (Wildman–Crippen LogP) is 3.58. The second-order valence-corrected chi connectivity index (χ2v) is 6.60. The summed E-state index contributed by atoms with van der Waals surface area (Å²) in [4.78, 5) is 16.0. The lowest BCUT2D eigenvalue weighted by molar-refractivity contribution is 0.290. The number of aromatic nitrogens is 2. The minimum absolute atomic E-state index is 0.0700. The van der Waals surface area contributed by atoms with Gasteiger partial charge in [-0.25, -0.2) is 13.6 Å². The number of hydrogen-bond donors (Lipinski definition) is 1. The topological polar surface area (TPSA) is 89.2 Å². The van der Waals surface area contributed by atoms with Crippen LogP contribution in [-0.4, -0.2) is 16.1 Å². The maximum Gasteiger partial charge on any atom is 0.352 e. The summed E-state index contributed by atoms with van der Waals surface area (Å²) in [5, 5.41) is 12.5. The molecule has 1 N–H and O–H groups in total. The summed E-state index contributed by atoms with van der Waals surface area (Å²) < 4.78 is 39.1. The number of ether oxygens (including phenoxy) is 2. The van der Waals surface area contributed by atoms with Crippen LogP contribution < -0.4 is 20.5 Å². The number of hydrogen-bond acceptors (Lipinski definition) is 6. The fourth-order valence-corrected chi connectivity index (χ4v) is 3.04. The van der Waals surface area contributed by atoms with E-state index in [2.05, 4.69) is 10.3 Å². The monoisotopic (exact) mass is 410 g/mol. The van der Waals surface area contributed by atoms with Crippen LogP contribution in [0.3, 0.4) is 0 Å². The summed E-state index contributed by atoms with van der Waals surface area (Å²) >= 11 is 0. The lowest BCUT2D eigenvalue weighted by Crippen LogP contribution is -2.30. The number of fused-ring (bicyclic) bond motifs is 1. The van der Waals surface area contributed by atoms with Gasteiger partial charge in [0.05, 0.1) is 5.56 Å². The highest BCUT2D eigenvalue weighted by Gasteiger charge is 2.13. The van der Waals surface area contributed by atoms with Crippen LogP contribution in [0.4, 0.5) is 14.6 Å². The van der Waals surface area contributed by atoms with Crippen molar-refractivity contribution in [3.63, 3.8) is 0 Å². The van der Waals surface area contributed by atoms with Gasteiger partial charge in [-0.15, -0.1) is 0 Å². The highest BCUT2D eigenvalue weighted by molar-refractivity contribution is 5.47. The van der Waals surface area contributed by atoms with E-state index >= 15 is 0 Å². The minimum Gasteiger partial charge on any atom is -0.473 e. The zero-order valence-electron chi connectivity index (χ0n) is 15.7. The van der Waals surface area contributed by atoms with Crippen LogP contribution in [-0.2, 0) is 13.2 Å². The van der Waals surface area contributed by atoms with Crippen molar-refractivity contribution in [1.29, 1.82) is 5.26 Å². The van der Waals surface area contributed by atoms with E-state index in [1.807, 2.05) is 6.07 Å². The molecule has 0 amide bonds. The third-order valence-corrected chi connectivity index (χ3v) is 4.52. The maximum absolute atomic E-state index is 13.4. The number of nitrogens with one attached hydrogen (secondary N) is 1. The third kappa shape index (κ3) is 4.07. The van der Waals surface area contributed by atoms with E-state index in [1.165, 1.54) is 12.1 Å². The average Bonchev–Trinajstić information content (AvgIpc) is 2.75. The van der Waals surface area contributed by atoms with Gasteiger partial charge in [0, 0.05) is 25.2 Å². The molecule has 0 unspecified atom stereocenters. The SMILES string of the molecule is N#Cc1cc(COc2cc3n(c(=O)n2)CCCN3)ccc1Oc1ccc(F)c(F)c1. The van der Waals surface area contributed by atoms with Crippen LogP contribution in [0.5, 0.6) is 17.4 Å². The average molecular weight is 410 g/mol. The van der Waals surface area contributed by atoms with E-state index in [-0.39, 0.29) is 35.2 Å². The van der Waals surface area contributed by atoms with Crippen LogP contribution in [0, 0.1) is 23.0 Å². The van der Waals surface area contributed by atoms with Crippen molar-refractivity contribution in [2.75, 3.05) is 11.9 Å². The lowest BCUT2D eigenvalue weighted by Gasteiger charge is -2.19. The number of nitriles is 1. The van der Waals surface area contributed by atoms with Gasteiger partial charge in [-0.1, -0.05) is 6.07 Å². The van der Waals surface area contributed by atoms with Crippen LogP contribution in [0.1, 0.15) is 17.5 Å². The summed E-state index contributed by atoms with van der Waals surface area (Å²) in [6.45, 7) is 1.46. The second kappa shape index (κ2) is 8.21. The molecule has 1 aromatic heterocycles. The molecule has 0 fully saturated rings. The molecule has 152 valence electrons. The molecule has 3 aromatic rings. The van der Waals surface area contributed by atoms with Crippen LogP contribution in [0.2, 0.25) is 0 Å². The number of benzene rings is 2. The molecule has 0 atom stereocenters. The molecule has 0 aliphatic carbocycles. The van der Waals surface area contributed by atoms with Crippen molar-refractivity contribution in [3.8, 4) is 23.4 Å². The van der Waals surface area contributed by atoms with E-state index in [0.29, 0.717) is 17.9 Å². The predicted molar refractivity (Wildman–Crippen MR) is 104 cm³/mol. The van der Waals surface area contributed by atoms with Gasteiger partial charge in [-0.05, 0) is 36.2 Å². The van der Waals surface area contributed by atoms with Gasteiger partial charge in [-0.3, -0.25) is 4.57 Å². The van der Waals surface area contributed by atoms with Crippen molar-refractivity contribution in [3.05, 3.63) is 75.7 Å². The largest absolute Gasteiger partial charge is 0.473 e. The fraction of sp³-hybridized carbons (Fsp3) is 0.190. The van der Waals surface area contributed by atoms with E-state index in [0.717, 1.165) is 25.1 Å². The molecule has 4 rings (SSSR count). The van der Waals surface area contributed by atoms with Gasteiger partial charge in [-0.2, -0.15) is 10.2 Å². The Hall–Kier alpha value is -3.93.